The number of amides is 3. The van der Waals surface area contributed by atoms with Crippen molar-refractivity contribution in [1.29, 1.82) is 0 Å². The van der Waals surface area contributed by atoms with Gasteiger partial charge in [-0.05, 0) is 18.2 Å². The lowest BCUT2D eigenvalue weighted by atomic mass is 10.2. The molecule has 0 atom stereocenters. The van der Waals surface area contributed by atoms with Gasteiger partial charge in [-0.15, -0.1) is 0 Å². The molecule has 0 saturated carbocycles. The highest BCUT2D eigenvalue weighted by Gasteiger charge is 2.24. The van der Waals surface area contributed by atoms with Crippen LogP contribution in [0.4, 0.5) is 0 Å². The fourth-order valence-electron chi connectivity index (χ4n) is 1.13. The molecule has 0 fully saturated rings. The van der Waals surface area contributed by atoms with E-state index in [2.05, 4.69) is 5.32 Å². The lowest BCUT2D eigenvalue weighted by Gasteiger charge is -2.12. The highest BCUT2D eigenvalue weighted by atomic mass is 35.5. The SMILES string of the molecule is NC(=O)C(NC(=O)c1ccc(Cl)c(Cl)c1)C(N)=O. The summed E-state index contributed by atoms with van der Waals surface area (Å²) in [5.41, 5.74) is 9.95. The van der Waals surface area contributed by atoms with Crippen LogP contribution in [-0.4, -0.2) is 23.8 Å². The van der Waals surface area contributed by atoms with Crippen LogP contribution in [0.1, 0.15) is 10.4 Å². The molecule has 3 amide bonds. The van der Waals surface area contributed by atoms with Crippen molar-refractivity contribution in [2.45, 2.75) is 6.04 Å². The summed E-state index contributed by atoms with van der Waals surface area (Å²) < 4.78 is 0. The number of nitrogens with one attached hydrogen (secondary N) is 1. The zero-order chi connectivity index (χ0) is 13.9. The van der Waals surface area contributed by atoms with Crippen molar-refractivity contribution in [3.8, 4) is 0 Å². The number of rotatable bonds is 4. The maximum atomic E-state index is 11.7. The molecule has 0 aliphatic heterocycles. The Hall–Kier alpha value is -1.79. The molecule has 0 heterocycles. The van der Waals surface area contributed by atoms with Gasteiger partial charge in [0.2, 0.25) is 11.8 Å². The van der Waals surface area contributed by atoms with Crippen molar-refractivity contribution in [3.05, 3.63) is 33.8 Å². The first-order valence-corrected chi connectivity index (χ1v) is 5.43. The summed E-state index contributed by atoms with van der Waals surface area (Å²) in [6, 6.07) is 2.50. The third kappa shape index (κ3) is 3.35. The lowest BCUT2D eigenvalue weighted by molar-refractivity contribution is -0.128. The fourth-order valence-corrected chi connectivity index (χ4v) is 1.43. The van der Waals surface area contributed by atoms with Crippen LogP contribution in [0.3, 0.4) is 0 Å². The average molecular weight is 290 g/mol. The second-order valence-electron chi connectivity index (χ2n) is 3.34. The lowest BCUT2D eigenvalue weighted by Crippen LogP contribution is -2.52. The van der Waals surface area contributed by atoms with Crippen molar-refractivity contribution < 1.29 is 14.4 Å². The minimum Gasteiger partial charge on any atom is -0.367 e. The van der Waals surface area contributed by atoms with Crippen LogP contribution >= 0.6 is 23.2 Å². The molecule has 18 heavy (non-hydrogen) atoms. The molecule has 1 aromatic carbocycles. The molecule has 8 heteroatoms. The topological polar surface area (TPSA) is 115 Å². The Kier molecular flexibility index (Phi) is 4.52. The smallest absolute Gasteiger partial charge is 0.252 e. The Morgan fingerprint density at radius 1 is 1.06 bits per heavy atom. The second kappa shape index (κ2) is 5.70. The Balaban J connectivity index is 2.90. The van der Waals surface area contributed by atoms with Gasteiger partial charge in [-0.1, -0.05) is 23.2 Å². The zero-order valence-electron chi connectivity index (χ0n) is 8.94. The number of halogens is 2. The van der Waals surface area contributed by atoms with Crippen LogP contribution in [0, 0.1) is 0 Å². The predicted molar refractivity (Wildman–Crippen MR) is 66.1 cm³/mol. The fraction of sp³-hybridized carbons (Fsp3) is 0.100. The number of hydrogen-bond acceptors (Lipinski definition) is 3. The Morgan fingerprint density at radius 2 is 1.61 bits per heavy atom. The van der Waals surface area contributed by atoms with Gasteiger partial charge < -0.3 is 16.8 Å². The van der Waals surface area contributed by atoms with Crippen molar-refractivity contribution in [3.63, 3.8) is 0 Å². The standard InChI is InChI=1S/C10H9Cl2N3O3/c11-5-2-1-4(3-6(5)12)10(18)15-7(8(13)16)9(14)17/h1-3,7H,(H2,13,16)(H2,14,17)(H,15,18). The summed E-state index contributed by atoms with van der Waals surface area (Å²) in [5.74, 6) is -2.80. The van der Waals surface area contributed by atoms with Crippen molar-refractivity contribution >= 4 is 40.9 Å². The number of primary amides is 2. The summed E-state index contributed by atoms with van der Waals surface area (Å²) in [7, 11) is 0. The van der Waals surface area contributed by atoms with Crippen LogP contribution < -0.4 is 16.8 Å². The number of carbonyl (C=O) groups is 3. The van der Waals surface area contributed by atoms with E-state index in [1.54, 1.807) is 0 Å². The predicted octanol–water partition coefficient (Wildman–Crippen LogP) is 0.0624. The van der Waals surface area contributed by atoms with Gasteiger partial charge in [-0.2, -0.15) is 0 Å². The van der Waals surface area contributed by atoms with Gasteiger partial charge in [-0.25, -0.2) is 0 Å². The van der Waals surface area contributed by atoms with E-state index in [0.29, 0.717) is 0 Å². The summed E-state index contributed by atoms with van der Waals surface area (Å²) >= 11 is 11.4. The second-order valence-corrected chi connectivity index (χ2v) is 4.15. The molecule has 1 rings (SSSR count). The van der Waals surface area contributed by atoms with E-state index < -0.39 is 23.8 Å². The van der Waals surface area contributed by atoms with Crippen molar-refractivity contribution in [2.24, 2.45) is 11.5 Å². The first kappa shape index (κ1) is 14.3. The normalized spacial score (nSPS) is 10.2. The van der Waals surface area contributed by atoms with Crippen LogP contribution in [0.25, 0.3) is 0 Å². The molecular weight excluding hydrogens is 281 g/mol. The molecule has 0 radical (unpaired) electrons. The van der Waals surface area contributed by atoms with Crippen LogP contribution in [0.2, 0.25) is 10.0 Å². The van der Waals surface area contributed by atoms with Crippen LogP contribution in [0.15, 0.2) is 18.2 Å². The third-order valence-corrected chi connectivity index (χ3v) is 2.77. The number of carbonyl (C=O) groups excluding carboxylic acids is 3. The molecule has 0 unspecified atom stereocenters. The zero-order valence-corrected chi connectivity index (χ0v) is 10.5. The first-order valence-electron chi connectivity index (χ1n) is 4.67. The summed E-state index contributed by atoms with van der Waals surface area (Å²) in [6.45, 7) is 0. The van der Waals surface area contributed by atoms with Gasteiger partial charge >= 0.3 is 0 Å². The van der Waals surface area contributed by atoms with E-state index >= 15 is 0 Å². The highest BCUT2D eigenvalue weighted by Crippen LogP contribution is 2.22. The molecule has 96 valence electrons. The molecule has 0 aliphatic rings. The first-order chi connectivity index (χ1) is 8.32. The molecule has 0 aromatic heterocycles. The van der Waals surface area contributed by atoms with Gasteiger partial charge in [-0.3, -0.25) is 14.4 Å². The molecule has 6 nitrogen and oxygen atoms in total. The van der Waals surface area contributed by atoms with E-state index in [0.717, 1.165) is 0 Å². The largest absolute Gasteiger partial charge is 0.367 e. The molecule has 5 N–H and O–H groups in total. The molecule has 1 aromatic rings. The monoisotopic (exact) mass is 289 g/mol. The van der Waals surface area contributed by atoms with E-state index in [-0.39, 0.29) is 15.6 Å². The average Bonchev–Trinajstić information content (AvgIpc) is 2.28. The maximum absolute atomic E-state index is 11.7. The maximum Gasteiger partial charge on any atom is 0.252 e. The number of nitrogens with two attached hydrogens (primary N) is 2. The van der Waals surface area contributed by atoms with Crippen molar-refractivity contribution in [2.75, 3.05) is 0 Å². The number of benzene rings is 1. The van der Waals surface area contributed by atoms with Crippen LogP contribution in [-0.2, 0) is 9.59 Å². The third-order valence-electron chi connectivity index (χ3n) is 2.03. The minimum atomic E-state index is -1.58. The van der Waals surface area contributed by atoms with Gasteiger partial charge in [0.15, 0.2) is 6.04 Å². The summed E-state index contributed by atoms with van der Waals surface area (Å²) in [5, 5.41) is 2.53. The Morgan fingerprint density at radius 3 is 2.06 bits per heavy atom. The van der Waals surface area contributed by atoms with E-state index in [1.165, 1.54) is 18.2 Å². The quantitative estimate of drug-likeness (QED) is 0.681. The van der Waals surface area contributed by atoms with Gasteiger partial charge in [0.25, 0.3) is 5.91 Å². The molecule has 0 spiro atoms. The van der Waals surface area contributed by atoms with E-state index in [4.69, 9.17) is 34.7 Å². The Bertz CT molecular complexity index is 505. The van der Waals surface area contributed by atoms with E-state index in [1.807, 2.05) is 0 Å². The van der Waals surface area contributed by atoms with Gasteiger partial charge in [0.05, 0.1) is 10.0 Å². The van der Waals surface area contributed by atoms with Crippen LogP contribution in [0.5, 0.6) is 0 Å². The summed E-state index contributed by atoms with van der Waals surface area (Å²) in [6.07, 6.45) is 0. The molecule has 0 saturated heterocycles. The minimum absolute atomic E-state index is 0.122. The van der Waals surface area contributed by atoms with Gasteiger partial charge in [0, 0.05) is 5.56 Å². The van der Waals surface area contributed by atoms with Gasteiger partial charge in [0.1, 0.15) is 0 Å². The van der Waals surface area contributed by atoms with E-state index in [9.17, 15) is 14.4 Å². The Labute approximate surface area is 112 Å². The molecule has 0 aliphatic carbocycles. The molecule has 0 bridgehead atoms. The molecular formula is C10H9Cl2N3O3. The highest BCUT2D eigenvalue weighted by molar-refractivity contribution is 6.42. The van der Waals surface area contributed by atoms with Crippen molar-refractivity contribution in [1.82, 2.24) is 5.32 Å². The number of hydrogen-bond donors (Lipinski definition) is 3. The summed E-state index contributed by atoms with van der Waals surface area (Å²) in [4.78, 5) is 33.5.